The van der Waals surface area contributed by atoms with Crippen molar-refractivity contribution >= 4 is 28.2 Å². The lowest BCUT2D eigenvalue weighted by Gasteiger charge is -2.47. The molecule has 0 radical (unpaired) electrons. The lowest BCUT2D eigenvalue weighted by Crippen LogP contribution is -2.74. The molecule has 1 aliphatic carbocycles. The Labute approximate surface area is 262 Å². The van der Waals surface area contributed by atoms with Crippen LogP contribution >= 0.6 is 0 Å². The summed E-state index contributed by atoms with van der Waals surface area (Å²) >= 11 is 0. The van der Waals surface area contributed by atoms with E-state index in [1.54, 1.807) is 0 Å². The molecule has 0 aromatic heterocycles. The normalized spacial score (nSPS) is 14.9. The Morgan fingerprint density at radius 3 is 1.00 bits per heavy atom. The third-order valence-electron chi connectivity index (χ3n) is 7.53. The molecule has 1 aliphatic rings. The van der Waals surface area contributed by atoms with Crippen molar-refractivity contribution in [1.29, 1.82) is 0 Å². The molecule has 256 valence electrons. The van der Waals surface area contributed by atoms with Crippen LogP contribution < -0.4 is 16.4 Å². The highest BCUT2D eigenvalue weighted by molar-refractivity contribution is 7.14. The number of benzene rings is 4. The maximum atomic E-state index is 15.6. The molecule has 1 unspecified atom stereocenters. The zero-order chi connectivity index (χ0) is 36.7. The summed E-state index contributed by atoms with van der Waals surface area (Å²) in [6, 6.07) is 9.91. The van der Waals surface area contributed by atoms with Crippen LogP contribution in [0.3, 0.4) is 0 Å². The van der Waals surface area contributed by atoms with Crippen LogP contribution in [0.5, 0.6) is 0 Å². The van der Waals surface area contributed by atoms with E-state index in [-0.39, 0.29) is 0 Å². The minimum Gasteiger partial charge on any atom is -0.361 e. The molecule has 0 bridgehead atoms. The Kier molecular flexibility index (Phi) is 10.2. The van der Waals surface area contributed by atoms with Crippen molar-refractivity contribution in [1.82, 2.24) is 0 Å². The van der Waals surface area contributed by atoms with Gasteiger partial charge in [0.2, 0.25) is 11.7 Å². The minimum atomic E-state index is -5.82. The van der Waals surface area contributed by atoms with E-state index in [2.05, 4.69) is 0 Å². The van der Waals surface area contributed by atoms with E-state index in [0.29, 0.717) is 0 Å². The van der Waals surface area contributed by atoms with E-state index in [1.165, 1.54) is 0 Å². The molecule has 4 aromatic rings. The highest BCUT2D eigenvalue weighted by Gasteiger charge is 2.56. The maximum absolute atomic E-state index is 15.6. The monoisotopic (exact) mass is 713 g/mol. The van der Waals surface area contributed by atoms with E-state index >= 15 is 17.6 Å². The van der Waals surface area contributed by atoms with Gasteiger partial charge < -0.3 is 5.53 Å². The summed E-state index contributed by atoms with van der Waals surface area (Å²) in [4.78, 5) is 2.03. The van der Waals surface area contributed by atoms with Crippen molar-refractivity contribution < 1.29 is 75.0 Å². The summed E-state index contributed by atoms with van der Waals surface area (Å²) in [5, 5.41) is 0. The first-order valence-electron chi connectivity index (χ1n) is 13.0. The van der Waals surface area contributed by atoms with E-state index in [1.807, 2.05) is 41.2 Å². The van der Waals surface area contributed by atoms with Gasteiger partial charge in [0.25, 0.3) is 0 Å². The Balaban J connectivity index is 0.000000812. The smallest absolute Gasteiger partial charge is 0.306 e. The van der Waals surface area contributed by atoms with Crippen molar-refractivity contribution in [3.63, 3.8) is 0 Å². The molecule has 4 aromatic carbocycles. The van der Waals surface area contributed by atoms with Crippen LogP contribution in [0.4, 0.5) is 70.2 Å². The zero-order valence-corrected chi connectivity index (χ0v) is 23.3. The molecule has 0 saturated carbocycles. The van der Waals surface area contributed by atoms with Gasteiger partial charge in [-0.1, -0.05) is 54.6 Å². The van der Waals surface area contributed by atoms with Crippen molar-refractivity contribution in [2.45, 2.75) is 5.82 Å². The van der Waals surface area contributed by atoms with Gasteiger partial charge in [-0.2, -0.15) is 25.6 Å². The highest BCUT2D eigenvalue weighted by Crippen LogP contribution is 2.45. The van der Waals surface area contributed by atoms with Gasteiger partial charge in [-0.05, 0) is 0 Å². The number of rotatable bonds is 4. The Morgan fingerprint density at radius 1 is 0.408 bits per heavy atom. The minimum absolute atomic E-state index is 0.697. The van der Waals surface area contributed by atoms with E-state index < -0.39 is 145 Å². The van der Waals surface area contributed by atoms with Crippen LogP contribution in [0.2, 0.25) is 5.82 Å². The molecule has 0 spiro atoms. The third-order valence-corrected chi connectivity index (χ3v) is 7.53. The molecule has 0 aliphatic heterocycles. The van der Waals surface area contributed by atoms with Gasteiger partial charge in [0.15, 0.2) is 58.2 Å². The molecular formula is C30H10BF16N2-. The Hall–Kier alpha value is -5.32. The Morgan fingerprint density at radius 2 is 0.714 bits per heavy atom. The molecule has 1 atom stereocenters. The van der Waals surface area contributed by atoms with Gasteiger partial charge in [-0.3, -0.25) is 0 Å². The quantitative estimate of drug-likeness (QED) is 0.0516. The van der Waals surface area contributed by atoms with Crippen LogP contribution in [0.1, 0.15) is 0 Å². The average molecular weight is 713 g/mol. The van der Waals surface area contributed by atoms with Gasteiger partial charge >= 0.3 is 5.71 Å². The van der Waals surface area contributed by atoms with Crippen LogP contribution in [0.15, 0.2) is 77.9 Å². The summed E-state index contributed by atoms with van der Waals surface area (Å²) in [6.07, 6.45) is -5.82. The standard InChI is InChI=1S/C24H4BF16N2.C6H6/c26-7-1-4(11(29)18(36)14(7)32)25(5-2-8(27)15(33)19(37)12(5)30,6-3-9(28)16(34)20(38)13(6)31)10-17(35)21(39)22(40)23(41)24(10)43-42;1-2-4-6-5-3-1/h1-3,10H;1-6H/q-1;. The summed E-state index contributed by atoms with van der Waals surface area (Å²) in [7, 11) is 0. The first-order valence-corrected chi connectivity index (χ1v) is 13.0. The number of hydrogen-bond acceptors (Lipinski definition) is 0. The molecule has 5 rings (SSSR count). The average Bonchev–Trinajstić information content (AvgIpc) is 3.10. The third kappa shape index (κ3) is 5.77. The second-order valence-corrected chi connectivity index (χ2v) is 10.0. The van der Waals surface area contributed by atoms with Gasteiger partial charge in [0, 0.05) is 5.82 Å². The SMILES string of the molecule is [N-]=[N+]=C1C(F)=C(F)C(F)=C(F)C1[B-](c1cc(F)c(F)c(F)c1F)(c1cc(F)c(F)c(F)c1F)c1cc(F)c(F)c(F)c1F.c1ccccc1. The van der Waals surface area contributed by atoms with Crippen molar-refractivity contribution in [3.8, 4) is 0 Å². The van der Waals surface area contributed by atoms with E-state index in [0.717, 1.165) is 0 Å². The summed E-state index contributed by atoms with van der Waals surface area (Å²) in [5.74, 6) is -49.8. The van der Waals surface area contributed by atoms with Crippen LogP contribution in [0.25, 0.3) is 5.53 Å². The number of allylic oxidation sites excluding steroid dienone is 4. The molecule has 0 heterocycles. The largest absolute Gasteiger partial charge is 0.361 e. The van der Waals surface area contributed by atoms with Crippen LogP contribution in [-0.2, 0) is 0 Å². The maximum Gasteiger partial charge on any atom is 0.306 e. The number of hydrogen-bond donors (Lipinski definition) is 0. The van der Waals surface area contributed by atoms with Crippen molar-refractivity contribution in [3.05, 3.63) is 153 Å². The summed E-state index contributed by atoms with van der Waals surface area (Å²) < 4.78 is 235. The second kappa shape index (κ2) is 13.7. The first kappa shape index (κ1) is 36.5. The topological polar surface area (TPSA) is 36.4 Å². The molecule has 0 saturated heterocycles. The number of halogens is 16. The van der Waals surface area contributed by atoms with Crippen LogP contribution in [0, 0.1) is 69.8 Å². The van der Waals surface area contributed by atoms with Crippen molar-refractivity contribution in [2.24, 2.45) is 0 Å². The lowest BCUT2D eigenvalue weighted by molar-refractivity contribution is -0.00957. The fourth-order valence-electron chi connectivity index (χ4n) is 5.46. The molecule has 2 nitrogen and oxygen atoms in total. The predicted molar refractivity (Wildman–Crippen MR) is 141 cm³/mol. The molecule has 49 heavy (non-hydrogen) atoms. The van der Waals surface area contributed by atoms with Gasteiger partial charge in [0.05, 0.1) is 0 Å². The van der Waals surface area contributed by atoms with Gasteiger partial charge in [-0.25, -0.2) is 65.9 Å². The van der Waals surface area contributed by atoms with Gasteiger partial charge in [0.1, 0.15) is 29.4 Å². The second-order valence-electron chi connectivity index (χ2n) is 10.0. The summed E-state index contributed by atoms with van der Waals surface area (Å²) in [5.41, 5.74) is -0.155. The first-order chi connectivity index (χ1) is 23.0. The van der Waals surface area contributed by atoms with Gasteiger partial charge in [-0.15, -0.1) is 0 Å². The van der Waals surface area contributed by atoms with Crippen LogP contribution in [-0.4, -0.2) is 16.6 Å². The highest BCUT2D eigenvalue weighted by atomic mass is 19.2. The van der Waals surface area contributed by atoms with E-state index in [4.69, 9.17) is 0 Å². The molecular weight excluding hydrogens is 703 g/mol. The lowest BCUT2D eigenvalue weighted by atomic mass is 9.09. The summed E-state index contributed by atoms with van der Waals surface area (Å²) in [6.45, 7) is 0. The molecule has 19 heteroatoms. The number of nitrogens with zero attached hydrogens (tertiary/aromatic N) is 2. The molecule has 0 N–H and O–H groups in total. The molecule has 0 amide bonds. The predicted octanol–water partition coefficient (Wildman–Crippen LogP) is 7.87. The molecule has 0 fully saturated rings. The van der Waals surface area contributed by atoms with E-state index in [9.17, 15) is 58.2 Å². The Bertz CT molecular complexity index is 1930. The van der Waals surface area contributed by atoms with Crippen molar-refractivity contribution in [2.75, 3.05) is 0 Å². The fraction of sp³-hybridized carbons (Fsp3) is 0.0333. The zero-order valence-electron chi connectivity index (χ0n) is 23.3. The fourth-order valence-corrected chi connectivity index (χ4v) is 5.46.